The van der Waals surface area contributed by atoms with Gasteiger partial charge in [0.1, 0.15) is 5.82 Å². The Labute approximate surface area is 233 Å². The number of aliphatic hydroxyl groups is 1. The first-order valence-corrected chi connectivity index (χ1v) is 14.0. The van der Waals surface area contributed by atoms with E-state index in [9.17, 15) is 29.2 Å². The van der Waals surface area contributed by atoms with Crippen molar-refractivity contribution in [2.75, 3.05) is 13.1 Å². The van der Waals surface area contributed by atoms with Crippen LogP contribution in [0.25, 0.3) is 11.2 Å². The average molecular weight is 574 g/mol. The molecule has 0 saturated carbocycles. The van der Waals surface area contributed by atoms with Gasteiger partial charge in [-0.25, -0.2) is 14.2 Å². The van der Waals surface area contributed by atoms with Crippen molar-refractivity contribution < 1.29 is 14.4 Å². The molecule has 4 aromatic rings. The van der Waals surface area contributed by atoms with E-state index in [2.05, 4.69) is 14.7 Å². The monoisotopic (exact) mass is 573 g/mol. The van der Waals surface area contributed by atoms with Gasteiger partial charge in [0.25, 0.3) is 11.2 Å². The number of para-hydroxylation sites is 1. The summed E-state index contributed by atoms with van der Waals surface area (Å²) in [4.78, 5) is 42.9. The third-order valence-corrected chi connectivity index (χ3v) is 7.36. The number of fused-ring (bicyclic) bond motifs is 1. The van der Waals surface area contributed by atoms with Crippen LogP contribution in [0.4, 0.5) is 10.1 Å². The van der Waals surface area contributed by atoms with E-state index in [4.69, 9.17) is 0 Å². The molecule has 40 heavy (non-hydrogen) atoms. The largest absolute Gasteiger partial charge is 0.392 e. The van der Waals surface area contributed by atoms with E-state index in [1.165, 1.54) is 16.0 Å². The lowest BCUT2D eigenvalue weighted by Crippen LogP contribution is -2.41. The van der Waals surface area contributed by atoms with Gasteiger partial charge in [0.2, 0.25) is 0 Å². The number of benzene rings is 1. The molecule has 0 aliphatic carbocycles. The van der Waals surface area contributed by atoms with Gasteiger partial charge >= 0.3 is 5.69 Å². The summed E-state index contributed by atoms with van der Waals surface area (Å²) in [7, 11) is 0. The third kappa shape index (κ3) is 6.18. The molecule has 0 bridgehead atoms. The number of hydrogen-bond donors (Lipinski definition) is 2. The normalized spacial score (nSPS) is 12.3. The van der Waals surface area contributed by atoms with E-state index in [1.54, 1.807) is 22.8 Å². The van der Waals surface area contributed by atoms with Gasteiger partial charge in [-0.1, -0.05) is 32.0 Å². The molecule has 12 nitrogen and oxygen atoms in total. The van der Waals surface area contributed by atoms with Gasteiger partial charge in [-0.05, 0) is 30.8 Å². The standard InChI is InChI=1S/C26H32FN7O5S/c1-3-11-33-25(36)23-24(32(26(33)37)12-9-17-7-5-6-8-21(17)34(38)39)29-22(14-20-19(27)16-40-30-20)31(23)13-10-28-15-18(35)4-2/h5-8,16,18,28,35H,3-4,9-15H2,1-2H3. The molecule has 0 spiro atoms. The molecule has 0 aliphatic rings. The lowest BCUT2D eigenvalue weighted by Gasteiger charge is -2.14. The molecule has 3 aromatic heterocycles. The summed E-state index contributed by atoms with van der Waals surface area (Å²) in [5, 5.41) is 25.9. The highest BCUT2D eigenvalue weighted by atomic mass is 32.1. The van der Waals surface area contributed by atoms with Crippen molar-refractivity contribution in [3.05, 3.63) is 83.5 Å². The van der Waals surface area contributed by atoms with Crippen molar-refractivity contribution in [3.63, 3.8) is 0 Å². The Morgan fingerprint density at radius 3 is 2.60 bits per heavy atom. The van der Waals surface area contributed by atoms with Crippen molar-refractivity contribution in [2.24, 2.45) is 0 Å². The number of aryl methyl sites for hydroxylation is 2. The molecule has 0 radical (unpaired) electrons. The van der Waals surface area contributed by atoms with Crippen molar-refractivity contribution in [1.29, 1.82) is 0 Å². The van der Waals surface area contributed by atoms with Crippen molar-refractivity contribution in [2.45, 2.75) is 65.3 Å². The number of nitrogens with one attached hydrogen (secondary N) is 1. The van der Waals surface area contributed by atoms with Crippen LogP contribution in [-0.2, 0) is 32.5 Å². The molecule has 214 valence electrons. The van der Waals surface area contributed by atoms with Crippen LogP contribution < -0.4 is 16.6 Å². The van der Waals surface area contributed by atoms with E-state index < -0.39 is 28.1 Å². The number of nitro groups is 1. The second-order valence-electron chi connectivity index (χ2n) is 9.43. The van der Waals surface area contributed by atoms with E-state index in [0.717, 1.165) is 16.1 Å². The fraction of sp³-hybridized carbons (Fsp3) is 0.462. The smallest absolute Gasteiger partial charge is 0.332 e. The van der Waals surface area contributed by atoms with Gasteiger partial charge in [-0.3, -0.25) is 24.0 Å². The SMILES string of the molecule is CCCn1c(=O)c2c(nc(Cc3nscc3F)n2CCNCC(O)CC)n(CCc2ccccc2[N+](=O)[O-])c1=O. The van der Waals surface area contributed by atoms with Crippen LogP contribution >= 0.6 is 11.5 Å². The van der Waals surface area contributed by atoms with Gasteiger partial charge in [0, 0.05) is 49.7 Å². The Kier molecular flexibility index (Phi) is 9.55. The van der Waals surface area contributed by atoms with Crippen molar-refractivity contribution >= 4 is 28.4 Å². The third-order valence-electron chi connectivity index (χ3n) is 6.72. The number of nitro benzene ring substituents is 1. The summed E-state index contributed by atoms with van der Waals surface area (Å²) in [5.41, 5.74) is -0.158. The van der Waals surface area contributed by atoms with Gasteiger partial charge in [0.05, 0.1) is 23.1 Å². The van der Waals surface area contributed by atoms with Crippen LogP contribution in [0.15, 0.2) is 39.2 Å². The highest BCUT2D eigenvalue weighted by Gasteiger charge is 2.23. The molecule has 14 heteroatoms. The topological polar surface area (TPSA) is 150 Å². The molecule has 1 unspecified atom stereocenters. The zero-order valence-electron chi connectivity index (χ0n) is 22.4. The molecular formula is C26H32FN7O5S. The summed E-state index contributed by atoms with van der Waals surface area (Å²) in [6.07, 6.45) is 0.773. The van der Waals surface area contributed by atoms with Gasteiger partial charge < -0.3 is 15.0 Å². The molecule has 0 fully saturated rings. The zero-order valence-corrected chi connectivity index (χ0v) is 23.2. The van der Waals surface area contributed by atoms with Gasteiger partial charge in [0.15, 0.2) is 17.0 Å². The number of aromatic nitrogens is 5. The summed E-state index contributed by atoms with van der Waals surface area (Å²) in [6.45, 7) is 4.98. The molecule has 0 saturated heterocycles. The highest BCUT2D eigenvalue weighted by Crippen LogP contribution is 2.21. The molecule has 3 heterocycles. The lowest BCUT2D eigenvalue weighted by molar-refractivity contribution is -0.385. The first-order valence-electron chi connectivity index (χ1n) is 13.2. The summed E-state index contributed by atoms with van der Waals surface area (Å²) >= 11 is 0.974. The maximum absolute atomic E-state index is 14.4. The fourth-order valence-corrected chi connectivity index (χ4v) is 5.14. The Balaban J connectivity index is 1.83. The van der Waals surface area contributed by atoms with Crippen LogP contribution in [0.3, 0.4) is 0 Å². The minimum absolute atomic E-state index is 0.00711. The molecule has 2 N–H and O–H groups in total. The van der Waals surface area contributed by atoms with Crippen molar-refractivity contribution in [1.82, 2.24) is 28.4 Å². The minimum Gasteiger partial charge on any atom is -0.392 e. The van der Waals surface area contributed by atoms with Crippen LogP contribution in [0.2, 0.25) is 0 Å². The number of imidazole rings is 1. The maximum Gasteiger partial charge on any atom is 0.332 e. The molecule has 1 aromatic carbocycles. The van der Waals surface area contributed by atoms with Crippen LogP contribution in [0.5, 0.6) is 0 Å². The molecular weight excluding hydrogens is 541 g/mol. The average Bonchev–Trinajstić information content (AvgIpc) is 3.51. The van der Waals surface area contributed by atoms with Crippen LogP contribution in [0.1, 0.15) is 43.8 Å². The predicted octanol–water partition coefficient (Wildman–Crippen LogP) is 2.47. The van der Waals surface area contributed by atoms with E-state index in [1.807, 2.05) is 13.8 Å². The maximum atomic E-state index is 14.4. The Morgan fingerprint density at radius 2 is 1.93 bits per heavy atom. The first kappa shape index (κ1) is 29.2. The van der Waals surface area contributed by atoms with Crippen LogP contribution in [-0.4, -0.2) is 52.3 Å². The Hall–Kier alpha value is -3.75. The van der Waals surface area contributed by atoms with Crippen LogP contribution in [0, 0.1) is 15.9 Å². The van der Waals surface area contributed by atoms with Crippen molar-refractivity contribution in [3.8, 4) is 0 Å². The Morgan fingerprint density at radius 1 is 1.15 bits per heavy atom. The fourth-order valence-electron chi connectivity index (χ4n) is 4.58. The lowest BCUT2D eigenvalue weighted by atomic mass is 10.1. The summed E-state index contributed by atoms with van der Waals surface area (Å²) < 4.78 is 22.7. The van der Waals surface area contributed by atoms with E-state index in [0.29, 0.717) is 37.3 Å². The number of aliphatic hydroxyl groups excluding tert-OH is 1. The molecule has 4 rings (SSSR count). The number of rotatable bonds is 14. The minimum atomic E-state index is -0.557. The summed E-state index contributed by atoms with van der Waals surface area (Å²) in [5.74, 6) is -0.118. The zero-order chi connectivity index (χ0) is 28.8. The van der Waals surface area contributed by atoms with Gasteiger partial charge in [-0.15, -0.1) is 0 Å². The number of hydrogen-bond acceptors (Lipinski definition) is 9. The number of halogens is 1. The molecule has 0 amide bonds. The first-order chi connectivity index (χ1) is 19.3. The van der Waals surface area contributed by atoms with E-state index >= 15 is 0 Å². The quantitative estimate of drug-likeness (QED) is 0.133. The summed E-state index contributed by atoms with van der Waals surface area (Å²) in [6, 6.07) is 6.31. The number of nitrogens with zero attached hydrogens (tertiary/aromatic N) is 6. The molecule has 0 aliphatic heterocycles. The molecule has 1 atom stereocenters. The van der Waals surface area contributed by atoms with E-state index in [-0.39, 0.29) is 55.0 Å². The predicted molar refractivity (Wildman–Crippen MR) is 149 cm³/mol. The second-order valence-corrected chi connectivity index (χ2v) is 10.1. The van der Waals surface area contributed by atoms with Gasteiger partial charge in [-0.2, -0.15) is 4.37 Å². The second kappa shape index (κ2) is 13.1. The Bertz CT molecular complexity index is 1610. The highest BCUT2D eigenvalue weighted by molar-refractivity contribution is 7.03.